The first-order chi connectivity index (χ1) is 13.4. The van der Waals surface area contributed by atoms with E-state index in [0.29, 0.717) is 30.0 Å². The molecule has 6 heteroatoms. The number of nitrogens with zero attached hydrogens (tertiary/aromatic N) is 1. The van der Waals surface area contributed by atoms with Crippen LogP contribution >= 0.6 is 0 Å². The van der Waals surface area contributed by atoms with E-state index in [-0.39, 0.29) is 18.1 Å². The van der Waals surface area contributed by atoms with Crippen molar-refractivity contribution in [3.63, 3.8) is 0 Å². The number of hydrogen-bond donors (Lipinski definition) is 0. The van der Waals surface area contributed by atoms with E-state index in [4.69, 9.17) is 14.2 Å². The molecule has 0 bridgehead atoms. The van der Waals surface area contributed by atoms with Crippen molar-refractivity contribution in [1.82, 2.24) is 4.90 Å². The van der Waals surface area contributed by atoms with Crippen LogP contribution in [0, 0.1) is 13.8 Å². The Labute approximate surface area is 165 Å². The summed E-state index contributed by atoms with van der Waals surface area (Å²) in [6, 6.07) is 12.7. The first-order valence-electron chi connectivity index (χ1n) is 9.17. The van der Waals surface area contributed by atoms with E-state index < -0.39 is 5.97 Å². The molecule has 1 amide bonds. The highest BCUT2D eigenvalue weighted by Gasteiger charge is 2.37. The third-order valence-corrected chi connectivity index (χ3v) is 4.97. The number of hydrogen-bond acceptors (Lipinski definition) is 5. The van der Waals surface area contributed by atoms with Crippen LogP contribution in [-0.2, 0) is 9.47 Å². The summed E-state index contributed by atoms with van der Waals surface area (Å²) in [4.78, 5) is 26.5. The zero-order chi connectivity index (χ0) is 20.3. The van der Waals surface area contributed by atoms with Gasteiger partial charge in [0.2, 0.25) is 0 Å². The molecule has 6 nitrogen and oxygen atoms in total. The quantitative estimate of drug-likeness (QED) is 0.743. The van der Waals surface area contributed by atoms with Crippen LogP contribution in [0.4, 0.5) is 0 Å². The van der Waals surface area contributed by atoms with E-state index in [9.17, 15) is 9.59 Å². The molecule has 1 heterocycles. The fourth-order valence-corrected chi connectivity index (χ4v) is 3.38. The third-order valence-electron chi connectivity index (χ3n) is 4.97. The maximum atomic E-state index is 13.0. The minimum atomic E-state index is -0.424. The second kappa shape index (κ2) is 8.44. The summed E-state index contributed by atoms with van der Waals surface area (Å²) in [6.45, 7) is 4.76. The number of ether oxygens (including phenoxy) is 3. The van der Waals surface area contributed by atoms with Gasteiger partial charge in [0, 0.05) is 12.7 Å². The van der Waals surface area contributed by atoms with Crippen molar-refractivity contribution in [3.8, 4) is 5.75 Å². The van der Waals surface area contributed by atoms with E-state index >= 15 is 0 Å². The Morgan fingerprint density at radius 1 is 1.00 bits per heavy atom. The lowest BCUT2D eigenvalue weighted by atomic mass is 10.0. The highest BCUT2D eigenvalue weighted by molar-refractivity contribution is 5.96. The first-order valence-corrected chi connectivity index (χ1v) is 9.17. The Bertz CT molecular complexity index is 879. The molecule has 0 N–H and O–H groups in total. The van der Waals surface area contributed by atoms with Gasteiger partial charge in [0.25, 0.3) is 5.91 Å². The Morgan fingerprint density at radius 2 is 1.75 bits per heavy atom. The molecule has 1 saturated heterocycles. The maximum Gasteiger partial charge on any atom is 0.337 e. The van der Waals surface area contributed by atoms with Crippen molar-refractivity contribution in [2.45, 2.75) is 26.1 Å². The van der Waals surface area contributed by atoms with Crippen molar-refractivity contribution in [2.24, 2.45) is 0 Å². The molecule has 2 aromatic carbocycles. The van der Waals surface area contributed by atoms with Gasteiger partial charge in [-0.2, -0.15) is 0 Å². The Morgan fingerprint density at radius 3 is 2.46 bits per heavy atom. The monoisotopic (exact) mass is 383 g/mol. The number of benzene rings is 2. The minimum absolute atomic E-state index is 0.0299. The van der Waals surface area contributed by atoms with Crippen molar-refractivity contribution < 1.29 is 23.8 Å². The lowest BCUT2D eigenvalue weighted by molar-refractivity contribution is 0.0338. The van der Waals surface area contributed by atoms with Crippen LogP contribution in [0.15, 0.2) is 42.5 Å². The van der Waals surface area contributed by atoms with Gasteiger partial charge < -0.3 is 19.1 Å². The van der Waals surface area contributed by atoms with Gasteiger partial charge in [0.15, 0.2) is 0 Å². The van der Waals surface area contributed by atoms with Gasteiger partial charge in [0.1, 0.15) is 18.0 Å². The molecule has 0 radical (unpaired) electrons. The summed E-state index contributed by atoms with van der Waals surface area (Å²) in [5.41, 5.74) is 3.10. The van der Waals surface area contributed by atoms with Gasteiger partial charge in [-0.3, -0.25) is 4.79 Å². The molecule has 28 heavy (non-hydrogen) atoms. The number of likely N-dealkylation sites (tertiary alicyclic amines) is 1. The molecule has 148 valence electrons. The Balaban J connectivity index is 1.76. The predicted octanol–water partition coefficient (Wildman–Crippen LogP) is 3.01. The first kappa shape index (κ1) is 19.9. The highest BCUT2D eigenvalue weighted by atomic mass is 16.5. The van der Waals surface area contributed by atoms with Crippen molar-refractivity contribution in [3.05, 3.63) is 64.7 Å². The molecule has 2 unspecified atom stereocenters. The SMILES string of the molecule is COC(=O)c1cccc(OC2CN(C(=O)c3cc(C)ccc3C)CC2OC)c1. The molecule has 2 aromatic rings. The van der Waals surface area contributed by atoms with Gasteiger partial charge in [-0.15, -0.1) is 0 Å². The number of carbonyl (C=O) groups excluding carboxylic acids is 2. The number of esters is 1. The van der Waals surface area contributed by atoms with Crippen LogP contribution in [0.5, 0.6) is 5.75 Å². The molecule has 1 aliphatic rings. The summed E-state index contributed by atoms with van der Waals surface area (Å²) in [5.74, 6) is 0.0838. The van der Waals surface area contributed by atoms with Crippen LogP contribution in [0.2, 0.25) is 0 Å². The van der Waals surface area contributed by atoms with E-state index in [1.165, 1.54) is 7.11 Å². The van der Waals surface area contributed by atoms with E-state index in [1.54, 1.807) is 36.3 Å². The van der Waals surface area contributed by atoms with Crippen molar-refractivity contribution in [2.75, 3.05) is 27.3 Å². The number of aryl methyl sites for hydroxylation is 2. The molecular formula is C22H25NO5. The number of carbonyl (C=O) groups is 2. The lowest BCUT2D eigenvalue weighted by Crippen LogP contribution is -2.32. The molecular weight excluding hydrogens is 358 g/mol. The lowest BCUT2D eigenvalue weighted by Gasteiger charge is -2.19. The number of rotatable bonds is 5. The highest BCUT2D eigenvalue weighted by Crippen LogP contribution is 2.24. The normalized spacial score (nSPS) is 18.8. The molecule has 0 aromatic heterocycles. The molecule has 0 aliphatic carbocycles. The van der Waals surface area contributed by atoms with Crippen LogP contribution in [0.3, 0.4) is 0 Å². The molecule has 1 fully saturated rings. The zero-order valence-electron chi connectivity index (χ0n) is 16.6. The average Bonchev–Trinajstić information content (AvgIpc) is 3.11. The second-order valence-electron chi connectivity index (χ2n) is 6.98. The fraction of sp³-hybridized carbons (Fsp3) is 0.364. The number of amides is 1. The summed E-state index contributed by atoms with van der Waals surface area (Å²) in [5, 5.41) is 0. The summed E-state index contributed by atoms with van der Waals surface area (Å²) < 4.78 is 16.4. The Hall–Kier alpha value is -2.86. The average molecular weight is 383 g/mol. The smallest absolute Gasteiger partial charge is 0.337 e. The molecule has 1 aliphatic heterocycles. The summed E-state index contributed by atoms with van der Waals surface area (Å²) in [6.07, 6.45) is -0.581. The van der Waals surface area contributed by atoms with Crippen LogP contribution in [0.25, 0.3) is 0 Å². The molecule has 0 saturated carbocycles. The summed E-state index contributed by atoms with van der Waals surface area (Å²) >= 11 is 0. The number of methoxy groups -OCH3 is 2. The molecule has 3 rings (SSSR count). The van der Waals surface area contributed by atoms with Crippen LogP contribution in [-0.4, -0.2) is 56.3 Å². The minimum Gasteiger partial charge on any atom is -0.486 e. The topological polar surface area (TPSA) is 65.1 Å². The fourth-order valence-electron chi connectivity index (χ4n) is 3.38. The van der Waals surface area contributed by atoms with Gasteiger partial charge in [-0.25, -0.2) is 4.79 Å². The standard InChI is InChI=1S/C22H25NO5/c1-14-8-9-15(2)18(10-14)21(24)23-12-19(26-3)20(13-23)28-17-7-5-6-16(11-17)22(25)27-4/h5-11,19-20H,12-13H2,1-4H3. The third kappa shape index (κ3) is 4.17. The largest absolute Gasteiger partial charge is 0.486 e. The van der Waals surface area contributed by atoms with Gasteiger partial charge in [0.05, 0.1) is 25.8 Å². The maximum absolute atomic E-state index is 13.0. The Kier molecular flexibility index (Phi) is 5.99. The van der Waals surface area contributed by atoms with Gasteiger partial charge >= 0.3 is 5.97 Å². The van der Waals surface area contributed by atoms with E-state index in [2.05, 4.69) is 0 Å². The van der Waals surface area contributed by atoms with Gasteiger partial charge in [-0.1, -0.05) is 23.8 Å². The van der Waals surface area contributed by atoms with Crippen molar-refractivity contribution >= 4 is 11.9 Å². The summed E-state index contributed by atoms with van der Waals surface area (Å²) in [7, 11) is 2.95. The second-order valence-corrected chi connectivity index (χ2v) is 6.98. The van der Waals surface area contributed by atoms with E-state index in [0.717, 1.165) is 11.1 Å². The van der Waals surface area contributed by atoms with Crippen LogP contribution < -0.4 is 4.74 Å². The van der Waals surface area contributed by atoms with Crippen LogP contribution in [0.1, 0.15) is 31.8 Å². The predicted molar refractivity (Wildman–Crippen MR) is 105 cm³/mol. The molecule has 0 spiro atoms. The zero-order valence-corrected chi connectivity index (χ0v) is 16.6. The van der Waals surface area contributed by atoms with E-state index in [1.807, 2.05) is 32.0 Å². The van der Waals surface area contributed by atoms with Crippen molar-refractivity contribution in [1.29, 1.82) is 0 Å². The molecule has 2 atom stereocenters. The van der Waals surface area contributed by atoms with Gasteiger partial charge in [-0.05, 0) is 43.7 Å².